The number of carboxylic acid groups (broad SMARTS) is 1. The van der Waals surface area contributed by atoms with Crippen LogP contribution in [0.4, 0.5) is 0 Å². The average molecular weight is 276 g/mol. The van der Waals surface area contributed by atoms with Crippen molar-refractivity contribution in [1.29, 1.82) is 0 Å². The molecule has 5 N–H and O–H groups in total. The number of aromatic nitrogens is 2. The number of carboxylic acids is 1. The number of H-pyrrole nitrogens is 1. The number of carbonyl (C=O) groups excluding carboxylic acids is 2. The van der Waals surface area contributed by atoms with E-state index < -0.39 is 30.2 Å². The molecule has 1 atom stereocenters. The summed E-state index contributed by atoms with van der Waals surface area (Å²) in [5, 5.41) is 18.5. The van der Waals surface area contributed by atoms with Crippen LogP contribution in [0.1, 0.15) is 16.8 Å². The van der Waals surface area contributed by atoms with Gasteiger partial charge < -0.3 is 16.2 Å². The number of nitrogens with two attached hydrogens (primary N) is 1. The van der Waals surface area contributed by atoms with Crippen LogP contribution < -0.4 is 11.1 Å². The van der Waals surface area contributed by atoms with Gasteiger partial charge in [0.1, 0.15) is 6.04 Å². The van der Waals surface area contributed by atoms with Gasteiger partial charge in [0.25, 0.3) is 5.91 Å². The summed E-state index contributed by atoms with van der Waals surface area (Å²) in [6.07, 6.45) is 1.14. The fourth-order valence-corrected chi connectivity index (χ4v) is 1.72. The van der Waals surface area contributed by atoms with E-state index >= 15 is 0 Å². The summed E-state index contributed by atoms with van der Waals surface area (Å²) in [7, 11) is 0. The summed E-state index contributed by atoms with van der Waals surface area (Å²) in [6, 6.07) is 3.41. The first kappa shape index (κ1) is 13.5. The number of benzene rings is 1. The molecule has 1 aromatic heterocycles. The molecule has 2 aromatic rings. The first-order valence-electron chi connectivity index (χ1n) is 5.72. The van der Waals surface area contributed by atoms with Crippen molar-refractivity contribution < 1.29 is 19.5 Å². The number of aromatic amines is 1. The number of fused-ring (bicyclic) bond motifs is 1. The maximum atomic E-state index is 11.9. The molecule has 0 saturated carbocycles. The highest BCUT2D eigenvalue weighted by molar-refractivity contribution is 6.00. The van der Waals surface area contributed by atoms with Gasteiger partial charge in [0.2, 0.25) is 5.91 Å². The van der Waals surface area contributed by atoms with Crippen molar-refractivity contribution >= 4 is 28.7 Å². The second-order valence-corrected chi connectivity index (χ2v) is 4.21. The molecule has 2 amide bonds. The zero-order valence-corrected chi connectivity index (χ0v) is 10.3. The van der Waals surface area contributed by atoms with Gasteiger partial charge in [0.05, 0.1) is 18.1 Å². The van der Waals surface area contributed by atoms with E-state index in [0.717, 1.165) is 5.39 Å². The van der Waals surface area contributed by atoms with Gasteiger partial charge >= 0.3 is 5.97 Å². The summed E-state index contributed by atoms with van der Waals surface area (Å²) in [6.45, 7) is 0. The first-order valence-corrected chi connectivity index (χ1v) is 5.72. The Labute approximate surface area is 113 Å². The second-order valence-electron chi connectivity index (χ2n) is 4.21. The van der Waals surface area contributed by atoms with Crippen LogP contribution in [0.15, 0.2) is 24.4 Å². The zero-order chi connectivity index (χ0) is 14.7. The van der Waals surface area contributed by atoms with E-state index in [0.29, 0.717) is 5.52 Å². The van der Waals surface area contributed by atoms with Gasteiger partial charge in [-0.2, -0.15) is 5.10 Å². The van der Waals surface area contributed by atoms with Gasteiger partial charge in [-0.1, -0.05) is 6.07 Å². The number of aliphatic carboxylic acids is 1. The van der Waals surface area contributed by atoms with Gasteiger partial charge in [0.15, 0.2) is 0 Å². The number of rotatable bonds is 5. The van der Waals surface area contributed by atoms with Crippen LogP contribution in [0, 0.1) is 0 Å². The Kier molecular flexibility index (Phi) is 3.65. The molecule has 0 aliphatic carbocycles. The molecule has 0 saturated heterocycles. The largest absolute Gasteiger partial charge is 0.480 e. The molecule has 0 radical (unpaired) electrons. The fraction of sp³-hybridized carbons (Fsp3) is 0.167. The predicted molar refractivity (Wildman–Crippen MR) is 68.8 cm³/mol. The third-order valence-corrected chi connectivity index (χ3v) is 2.71. The van der Waals surface area contributed by atoms with Crippen LogP contribution in [0.3, 0.4) is 0 Å². The van der Waals surface area contributed by atoms with E-state index in [2.05, 4.69) is 15.5 Å². The maximum absolute atomic E-state index is 11.9. The summed E-state index contributed by atoms with van der Waals surface area (Å²) < 4.78 is 0. The Morgan fingerprint density at radius 3 is 2.80 bits per heavy atom. The van der Waals surface area contributed by atoms with Crippen LogP contribution in [0.25, 0.3) is 10.9 Å². The predicted octanol–water partition coefficient (Wildman–Crippen LogP) is -0.379. The quantitative estimate of drug-likeness (QED) is 0.589. The van der Waals surface area contributed by atoms with Gasteiger partial charge in [-0.25, -0.2) is 4.79 Å². The van der Waals surface area contributed by atoms with Crippen molar-refractivity contribution in [3.05, 3.63) is 30.0 Å². The molecule has 0 unspecified atom stereocenters. The number of nitrogens with zero attached hydrogens (tertiary/aromatic N) is 1. The van der Waals surface area contributed by atoms with Crippen LogP contribution in [0.2, 0.25) is 0 Å². The number of hydrogen-bond donors (Lipinski definition) is 4. The highest BCUT2D eigenvalue weighted by Gasteiger charge is 2.22. The van der Waals surface area contributed by atoms with Crippen molar-refractivity contribution in [1.82, 2.24) is 15.5 Å². The van der Waals surface area contributed by atoms with Crippen molar-refractivity contribution in [3.8, 4) is 0 Å². The number of nitrogens with one attached hydrogen (secondary N) is 2. The lowest BCUT2D eigenvalue weighted by Crippen LogP contribution is -2.43. The highest BCUT2D eigenvalue weighted by Crippen LogP contribution is 2.12. The minimum absolute atomic E-state index is 0.262. The number of amides is 2. The Bertz CT molecular complexity index is 679. The summed E-state index contributed by atoms with van der Waals surface area (Å²) in [5.41, 5.74) is 5.85. The van der Waals surface area contributed by atoms with Gasteiger partial charge in [0, 0.05) is 10.9 Å². The van der Waals surface area contributed by atoms with Gasteiger partial charge in [-0.05, 0) is 12.1 Å². The van der Waals surface area contributed by atoms with Crippen LogP contribution in [0.5, 0.6) is 0 Å². The minimum atomic E-state index is -1.35. The molecule has 0 aliphatic heterocycles. The zero-order valence-electron chi connectivity index (χ0n) is 10.3. The van der Waals surface area contributed by atoms with E-state index in [9.17, 15) is 14.4 Å². The van der Waals surface area contributed by atoms with E-state index in [1.165, 1.54) is 6.07 Å². The topological polar surface area (TPSA) is 138 Å². The molecular weight excluding hydrogens is 264 g/mol. The fourth-order valence-electron chi connectivity index (χ4n) is 1.72. The Morgan fingerprint density at radius 1 is 1.40 bits per heavy atom. The molecule has 1 aromatic carbocycles. The Hall–Kier alpha value is -2.90. The molecule has 0 aliphatic rings. The van der Waals surface area contributed by atoms with E-state index in [-0.39, 0.29) is 5.56 Å². The van der Waals surface area contributed by atoms with Crippen LogP contribution in [-0.4, -0.2) is 39.1 Å². The SMILES string of the molecule is NC(=O)C[C@H](NC(=O)c1ccc2cn[nH]c2c1)C(=O)O. The maximum Gasteiger partial charge on any atom is 0.326 e. The van der Waals surface area contributed by atoms with Crippen molar-refractivity contribution in [2.24, 2.45) is 5.73 Å². The second kappa shape index (κ2) is 5.39. The number of primary amides is 1. The molecule has 8 nitrogen and oxygen atoms in total. The first-order chi connectivity index (χ1) is 9.47. The Morgan fingerprint density at radius 2 is 2.15 bits per heavy atom. The van der Waals surface area contributed by atoms with E-state index in [1.807, 2.05) is 0 Å². The molecule has 8 heteroatoms. The molecular formula is C12H12N4O4. The Balaban J connectivity index is 2.17. The number of carbonyl (C=O) groups is 3. The molecule has 104 valence electrons. The van der Waals surface area contributed by atoms with Gasteiger partial charge in [-0.3, -0.25) is 14.7 Å². The molecule has 0 fully saturated rings. The summed E-state index contributed by atoms with van der Waals surface area (Å²) in [4.78, 5) is 33.6. The third kappa shape index (κ3) is 2.91. The summed E-state index contributed by atoms with van der Waals surface area (Å²) >= 11 is 0. The van der Waals surface area contributed by atoms with Crippen LogP contribution >= 0.6 is 0 Å². The summed E-state index contributed by atoms with van der Waals surface area (Å²) in [5.74, 6) is -2.73. The van der Waals surface area contributed by atoms with Crippen molar-refractivity contribution in [2.45, 2.75) is 12.5 Å². The smallest absolute Gasteiger partial charge is 0.326 e. The lowest BCUT2D eigenvalue weighted by molar-refractivity contribution is -0.140. The van der Waals surface area contributed by atoms with E-state index in [1.54, 1.807) is 18.3 Å². The molecule has 1 heterocycles. The average Bonchev–Trinajstić information content (AvgIpc) is 2.84. The van der Waals surface area contributed by atoms with Crippen molar-refractivity contribution in [3.63, 3.8) is 0 Å². The number of hydrogen-bond acceptors (Lipinski definition) is 4. The lowest BCUT2D eigenvalue weighted by Gasteiger charge is -2.12. The minimum Gasteiger partial charge on any atom is -0.480 e. The molecule has 20 heavy (non-hydrogen) atoms. The molecule has 2 rings (SSSR count). The van der Waals surface area contributed by atoms with Crippen molar-refractivity contribution in [2.75, 3.05) is 0 Å². The monoisotopic (exact) mass is 276 g/mol. The standard InChI is InChI=1S/C12H12N4O4/c13-10(17)4-9(12(19)20)15-11(18)6-1-2-7-5-14-16-8(7)3-6/h1-3,5,9H,4H2,(H2,13,17)(H,14,16)(H,15,18)(H,19,20)/t9-/m0/s1. The van der Waals surface area contributed by atoms with Gasteiger partial charge in [-0.15, -0.1) is 0 Å². The lowest BCUT2D eigenvalue weighted by atomic mass is 10.1. The normalized spacial score (nSPS) is 12.0. The third-order valence-electron chi connectivity index (χ3n) is 2.71. The highest BCUT2D eigenvalue weighted by atomic mass is 16.4. The molecule has 0 bridgehead atoms. The molecule has 0 spiro atoms. The van der Waals surface area contributed by atoms with Crippen LogP contribution in [-0.2, 0) is 9.59 Å². The van der Waals surface area contributed by atoms with E-state index in [4.69, 9.17) is 10.8 Å².